The van der Waals surface area contributed by atoms with E-state index in [-0.39, 0.29) is 0 Å². The first kappa shape index (κ1) is 20.9. The molecule has 0 aromatic heterocycles. The van der Waals surface area contributed by atoms with Crippen LogP contribution in [0.25, 0.3) is 0 Å². The Balaban J connectivity index is 1.92. The van der Waals surface area contributed by atoms with E-state index < -0.39 is 0 Å². The van der Waals surface area contributed by atoms with Gasteiger partial charge in [0.25, 0.3) is 0 Å². The molecular formula is C20H40O3. The Labute approximate surface area is 144 Å². The Morgan fingerprint density at radius 2 is 1.57 bits per heavy atom. The van der Waals surface area contributed by atoms with E-state index in [4.69, 9.17) is 14.2 Å². The summed E-state index contributed by atoms with van der Waals surface area (Å²) in [5.74, 6) is 0. The summed E-state index contributed by atoms with van der Waals surface area (Å²) >= 11 is 0. The zero-order valence-electron chi connectivity index (χ0n) is 15.9. The first-order valence-electron chi connectivity index (χ1n) is 9.94. The molecule has 0 amide bonds. The molecule has 1 unspecified atom stereocenters. The molecule has 0 radical (unpaired) electrons. The molecule has 0 spiro atoms. The molecule has 0 aliphatic carbocycles. The van der Waals surface area contributed by atoms with Crippen LogP contribution in [-0.2, 0) is 14.2 Å². The van der Waals surface area contributed by atoms with Crippen molar-refractivity contribution in [1.29, 1.82) is 0 Å². The lowest BCUT2D eigenvalue weighted by atomic mass is 9.84. The van der Waals surface area contributed by atoms with E-state index in [0.29, 0.717) is 11.5 Å². The maximum absolute atomic E-state index is 5.87. The second-order valence-corrected chi connectivity index (χ2v) is 7.31. The molecule has 1 heterocycles. The predicted molar refractivity (Wildman–Crippen MR) is 97.0 cm³/mol. The molecule has 1 atom stereocenters. The van der Waals surface area contributed by atoms with Crippen molar-refractivity contribution in [2.24, 2.45) is 5.41 Å². The molecule has 1 saturated heterocycles. The number of ether oxygens (including phenoxy) is 3. The molecule has 0 bridgehead atoms. The monoisotopic (exact) mass is 328 g/mol. The van der Waals surface area contributed by atoms with Crippen molar-refractivity contribution < 1.29 is 14.2 Å². The number of hydrogen-bond acceptors (Lipinski definition) is 3. The van der Waals surface area contributed by atoms with Gasteiger partial charge in [0.15, 0.2) is 0 Å². The Hall–Kier alpha value is -0.120. The van der Waals surface area contributed by atoms with Gasteiger partial charge in [0.05, 0.1) is 25.9 Å². The van der Waals surface area contributed by atoms with Crippen LogP contribution in [0.4, 0.5) is 0 Å². The van der Waals surface area contributed by atoms with E-state index >= 15 is 0 Å². The number of unbranched alkanes of at least 4 members (excludes halogenated alkanes) is 6. The molecule has 0 saturated carbocycles. The minimum atomic E-state index is 0.318. The second-order valence-electron chi connectivity index (χ2n) is 7.31. The molecule has 0 aromatic rings. The fraction of sp³-hybridized carbons (Fsp3) is 1.00. The fourth-order valence-corrected chi connectivity index (χ4v) is 3.19. The fourth-order valence-electron chi connectivity index (χ4n) is 3.19. The molecule has 23 heavy (non-hydrogen) atoms. The molecule has 0 aromatic carbocycles. The summed E-state index contributed by atoms with van der Waals surface area (Å²) in [6, 6.07) is 0. The van der Waals surface area contributed by atoms with Crippen LogP contribution in [0.5, 0.6) is 0 Å². The third kappa shape index (κ3) is 9.07. The zero-order valence-corrected chi connectivity index (χ0v) is 15.9. The van der Waals surface area contributed by atoms with Gasteiger partial charge in [0, 0.05) is 19.1 Å². The first-order valence-corrected chi connectivity index (χ1v) is 9.94. The number of rotatable bonds is 16. The molecule has 1 rings (SSSR count). The van der Waals surface area contributed by atoms with Crippen LogP contribution < -0.4 is 0 Å². The molecule has 0 N–H and O–H groups in total. The van der Waals surface area contributed by atoms with Crippen LogP contribution in [-0.4, -0.2) is 39.6 Å². The second kappa shape index (κ2) is 13.2. The minimum absolute atomic E-state index is 0.318. The van der Waals surface area contributed by atoms with Gasteiger partial charge in [-0.25, -0.2) is 0 Å². The third-order valence-electron chi connectivity index (χ3n) is 5.25. The van der Waals surface area contributed by atoms with E-state index in [9.17, 15) is 0 Å². The highest BCUT2D eigenvalue weighted by atomic mass is 16.5. The van der Waals surface area contributed by atoms with E-state index in [1.165, 1.54) is 51.4 Å². The van der Waals surface area contributed by atoms with Crippen LogP contribution >= 0.6 is 0 Å². The zero-order chi connectivity index (χ0) is 16.8. The van der Waals surface area contributed by atoms with E-state index in [1.54, 1.807) is 0 Å². The summed E-state index contributed by atoms with van der Waals surface area (Å²) in [7, 11) is 1.85. The molecule has 1 aliphatic heterocycles. The average molecular weight is 329 g/mol. The maximum Gasteiger partial charge on any atom is 0.0572 e. The number of hydrogen-bond donors (Lipinski definition) is 0. The summed E-state index contributed by atoms with van der Waals surface area (Å²) in [4.78, 5) is 0. The normalized spacial score (nSPS) is 17.9. The Morgan fingerprint density at radius 3 is 2.13 bits per heavy atom. The Morgan fingerprint density at radius 1 is 0.913 bits per heavy atom. The summed E-state index contributed by atoms with van der Waals surface area (Å²) in [5.41, 5.74) is 0.318. The lowest BCUT2D eigenvalue weighted by Crippen LogP contribution is -2.45. The topological polar surface area (TPSA) is 27.7 Å². The lowest BCUT2D eigenvalue weighted by molar-refractivity contribution is -0.150. The van der Waals surface area contributed by atoms with Crippen LogP contribution in [0.3, 0.4) is 0 Å². The minimum Gasteiger partial charge on any atom is -0.381 e. The Bertz CT molecular complexity index is 258. The van der Waals surface area contributed by atoms with E-state index in [2.05, 4.69) is 13.8 Å². The van der Waals surface area contributed by atoms with Gasteiger partial charge in [0.1, 0.15) is 0 Å². The average Bonchev–Trinajstić information content (AvgIpc) is 2.54. The standard InChI is InChI=1S/C20H40O3/c1-4-6-7-8-9-10-11-13-19(21-3)14-12-15-22-16-20(5-2)17-23-18-20/h19H,4-18H2,1-3H3. The van der Waals surface area contributed by atoms with Crippen LogP contribution in [0.2, 0.25) is 0 Å². The largest absolute Gasteiger partial charge is 0.381 e. The Kier molecular flexibility index (Phi) is 12.0. The number of methoxy groups -OCH3 is 1. The molecule has 3 heteroatoms. The summed E-state index contributed by atoms with van der Waals surface area (Å²) in [6.07, 6.45) is 14.6. The van der Waals surface area contributed by atoms with Crippen molar-refractivity contribution in [2.75, 3.05) is 33.5 Å². The van der Waals surface area contributed by atoms with Gasteiger partial charge in [-0.2, -0.15) is 0 Å². The highest BCUT2D eigenvalue weighted by molar-refractivity contribution is 4.83. The molecule has 3 nitrogen and oxygen atoms in total. The van der Waals surface area contributed by atoms with Gasteiger partial charge in [-0.3, -0.25) is 0 Å². The van der Waals surface area contributed by atoms with Crippen LogP contribution in [0.1, 0.15) is 84.5 Å². The van der Waals surface area contributed by atoms with Crippen molar-refractivity contribution in [1.82, 2.24) is 0 Å². The lowest BCUT2D eigenvalue weighted by Gasteiger charge is -2.40. The first-order chi connectivity index (χ1) is 11.3. The summed E-state index contributed by atoms with van der Waals surface area (Å²) in [6.45, 7) is 7.98. The molecule has 1 fully saturated rings. The summed E-state index contributed by atoms with van der Waals surface area (Å²) < 4.78 is 16.8. The smallest absolute Gasteiger partial charge is 0.0572 e. The maximum atomic E-state index is 5.87. The van der Waals surface area contributed by atoms with Crippen molar-refractivity contribution >= 4 is 0 Å². The van der Waals surface area contributed by atoms with Gasteiger partial charge in [0.2, 0.25) is 0 Å². The van der Waals surface area contributed by atoms with Crippen LogP contribution in [0.15, 0.2) is 0 Å². The van der Waals surface area contributed by atoms with Gasteiger partial charge in [-0.05, 0) is 25.7 Å². The third-order valence-corrected chi connectivity index (χ3v) is 5.25. The van der Waals surface area contributed by atoms with Crippen molar-refractivity contribution in [3.05, 3.63) is 0 Å². The molecule has 1 aliphatic rings. The summed E-state index contributed by atoms with van der Waals surface area (Å²) in [5, 5.41) is 0. The quantitative estimate of drug-likeness (QED) is 0.357. The van der Waals surface area contributed by atoms with E-state index in [0.717, 1.165) is 45.7 Å². The van der Waals surface area contributed by atoms with Gasteiger partial charge >= 0.3 is 0 Å². The van der Waals surface area contributed by atoms with Gasteiger partial charge in [-0.15, -0.1) is 0 Å². The molecular weight excluding hydrogens is 288 g/mol. The van der Waals surface area contributed by atoms with Crippen molar-refractivity contribution in [2.45, 2.75) is 90.6 Å². The van der Waals surface area contributed by atoms with E-state index in [1.807, 2.05) is 7.11 Å². The predicted octanol–water partition coefficient (Wildman–Crippen LogP) is 5.37. The van der Waals surface area contributed by atoms with Gasteiger partial charge in [-0.1, -0.05) is 58.8 Å². The van der Waals surface area contributed by atoms with Crippen LogP contribution in [0, 0.1) is 5.41 Å². The molecule has 138 valence electrons. The van der Waals surface area contributed by atoms with Crippen molar-refractivity contribution in [3.8, 4) is 0 Å². The van der Waals surface area contributed by atoms with Gasteiger partial charge < -0.3 is 14.2 Å². The highest BCUT2D eigenvalue weighted by Gasteiger charge is 2.36. The van der Waals surface area contributed by atoms with Crippen molar-refractivity contribution in [3.63, 3.8) is 0 Å². The SMILES string of the molecule is CCCCCCCCCC(CCCOCC1(CC)COC1)OC. The highest BCUT2D eigenvalue weighted by Crippen LogP contribution is 2.31.